The molecule has 0 N–H and O–H groups in total. The minimum Gasteiger partial charge on any atom is -0.780 e. The summed E-state index contributed by atoms with van der Waals surface area (Å²) in [6, 6.07) is 10.9. The van der Waals surface area contributed by atoms with Crippen LogP contribution >= 0.6 is 0 Å². The Balaban J connectivity index is 1.73. The molecule has 1 aromatic carbocycles. The molecule has 10 heteroatoms. The highest BCUT2D eigenvalue weighted by molar-refractivity contribution is 5.98. The molecular formula is C21H15F4N3O3. The number of halogens is 4. The van der Waals surface area contributed by atoms with Gasteiger partial charge in [0.1, 0.15) is 5.75 Å². The first kappa shape index (κ1) is 20.9. The van der Waals surface area contributed by atoms with Crippen molar-refractivity contribution in [1.29, 1.82) is 0 Å². The molecule has 2 unspecified atom stereocenters. The van der Waals surface area contributed by atoms with Gasteiger partial charge < -0.3 is 15.0 Å². The summed E-state index contributed by atoms with van der Waals surface area (Å²) in [6.45, 7) is 0. The maximum atomic E-state index is 13.3. The normalized spacial score (nSPS) is 19.2. The van der Waals surface area contributed by atoms with E-state index in [4.69, 9.17) is 0 Å². The van der Waals surface area contributed by atoms with Gasteiger partial charge in [-0.2, -0.15) is 8.96 Å². The number of hydroxylamine groups is 2. The quantitative estimate of drug-likeness (QED) is 0.355. The molecular weight excluding hydrogens is 418 g/mol. The molecule has 1 aliphatic heterocycles. The van der Waals surface area contributed by atoms with Crippen LogP contribution in [-0.4, -0.2) is 22.2 Å². The number of hydrogen-bond acceptors (Lipinski definition) is 5. The molecule has 1 aliphatic rings. The van der Waals surface area contributed by atoms with E-state index in [0.29, 0.717) is 10.6 Å². The minimum atomic E-state index is -4.91. The lowest BCUT2D eigenvalue weighted by molar-refractivity contribution is -0.748. The first-order valence-electron chi connectivity index (χ1n) is 9.19. The van der Waals surface area contributed by atoms with Crippen molar-refractivity contribution in [2.45, 2.75) is 25.0 Å². The van der Waals surface area contributed by atoms with Gasteiger partial charge in [0.2, 0.25) is 17.9 Å². The number of hydrogen-bond donors (Lipinski definition) is 0. The molecule has 0 saturated heterocycles. The third-order valence-corrected chi connectivity index (χ3v) is 4.87. The zero-order valence-corrected chi connectivity index (χ0v) is 15.8. The van der Waals surface area contributed by atoms with Gasteiger partial charge in [-0.05, 0) is 35.4 Å². The molecule has 0 aliphatic carbocycles. The Labute approximate surface area is 173 Å². The number of aromatic nitrogens is 2. The minimum absolute atomic E-state index is 0.0686. The first-order chi connectivity index (χ1) is 14.7. The predicted molar refractivity (Wildman–Crippen MR) is 99.0 cm³/mol. The molecule has 4 rings (SSSR count). The maximum Gasteiger partial charge on any atom is 0.573 e. The van der Waals surface area contributed by atoms with Gasteiger partial charge in [0, 0.05) is 18.3 Å². The van der Waals surface area contributed by atoms with Gasteiger partial charge in [0.25, 0.3) is 5.69 Å². The number of Topliss-reactive ketones (excluding diaryl/α,β-unsaturated/α-hetero) is 1. The Hall–Kier alpha value is -3.37. The van der Waals surface area contributed by atoms with Crippen molar-refractivity contribution in [3.05, 3.63) is 95.0 Å². The van der Waals surface area contributed by atoms with E-state index >= 15 is 0 Å². The van der Waals surface area contributed by atoms with Crippen molar-refractivity contribution < 1.29 is 31.7 Å². The van der Waals surface area contributed by atoms with Crippen molar-refractivity contribution in [3.8, 4) is 5.75 Å². The summed E-state index contributed by atoms with van der Waals surface area (Å²) >= 11 is 0. The van der Waals surface area contributed by atoms with E-state index in [0.717, 1.165) is 18.2 Å². The maximum absolute atomic E-state index is 13.3. The van der Waals surface area contributed by atoms with Gasteiger partial charge in [-0.1, -0.05) is 18.2 Å². The lowest BCUT2D eigenvalue weighted by Crippen LogP contribution is -2.59. The number of carbonyl (C=O) groups excluding carboxylic acids is 1. The SMILES string of the molecule is O=C1c2cccc[n+]2C(Cc2ccc(F)nc2)N([O-])C1c1cccc(OC(F)(F)F)c1. The van der Waals surface area contributed by atoms with Crippen LogP contribution in [0.2, 0.25) is 0 Å². The molecule has 2 atom stereocenters. The molecule has 0 fully saturated rings. The number of fused-ring (bicyclic) bond motifs is 1. The topological polar surface area (TPSA) is 69.4 Å². The number of benzene rings is 1. The van der Waals surface area contributed by atoms with Crippen molar-refractivity contribution in [2.24, 2.45) is 0 Å². The second-order valence-electron chi connectivity index (χ2n) is 6.91. The number of ether oxygens (including phenoxy) is 1. The van der Waals surface area contributed by atoms with Crippen molar-refractivity contribution in [1.82, 2.24) is 10.0 Å². The molecule has 3 aromatic rings. The molecule has 0 saturated carbocycles. The number of ketones is 1. The van der Waals surface area contributed by atoms with E-state index in [2.05, 4.69) is 9.72 Å². The van der Waals surface area contributed by atoms with E-state index in [-0.39, 0.29) is 17.7 Å². The van der Waals surface area contributed by atoms with Crippen LogP contribution < -0.4 is 9.30 Å². The van der Waals surface area contributed by atoms with Gasteiger partial charge in [0.05, 0.1) is 12.5 Å². The molecule has 2 aromatic heterocycles. The Morgan fingerprint density at radius 1 is 1.13 bits per heavy atom. The summed E-state index contributed by atoms with van der Waals surface area (Å²) in [5.74, 6) is -1.76. The summed E-state index contributed by atoms with van der Waals surface area (Å²) in [6.07, 6.45) is -2.86. The number of pyridine rings is 2. The van der Waals surface area contributed by atoms with Crippen LogP contribution in [0.5, 0.6) is 5.75 Å². The lowest BCUT2D eigenvalue weighted by Gasteiger charge is -2.42. The first-order valence-corrected chi connectivity index (χ1v) is 9.19. The highest BCUT2D eigenvalue weighted by atomic mass is 19.4. The van der Waals surface area contributed by atoms with E-state index < -0.39 is 36.1 Å². The number of nitrogens with zero attached hydrogens (tertiary/aromatic N) is 3. The van der Waals surface area contributed by atoms with Gasteiger partial charge in [0.15, 0.2) is 6.20 Å². The molecule has 0 amide bonds. The van der Waals surface area contributed by atoms with E-state index in [1.54, 1.807) is 18.3 Å². The van der Waals surface area contributed by atoms with Crippen LogP contribution in [0.15, 0.2) is 67.0 Å². The largest absolute Gasteiger partial charge is 0.780 e. The number of carbonyl (C=O) groups is 1. The van der Waals surface area contributed by atoms with Crippen LogP contribution in [0.4, 0.5) is 17.6 Å². The van der Waals surface area contributed by atoms with E-state index in [1.807, 2.05) is 0 Å². The van der Waals surface area contributed by atoms with Crippen LogP contribution in [0.1, 0.15) is 33.8 Å². The molecule has 0 bridgehead atoms. The van der Waals surface area contributed by atoms with Crippen LogP contribution in [0.25, 0.3) is 0 Å². The molecule has 31 heavy (non-hydrogen) atoms. The summed E-state index contributed by atoms with van der Waals surface area (Å²) in [5, 5.41) is 13.8. The Bertz CT molecular complexity index is 1110. The zero-order chi connectivity index (χ0) is 22.2. The van der Waals surface area contributed by atoms with Gasteiger partial charge >= 0.3 is 6.36 Å². The van der Waals surface area contributed by atoms with Crippen molar-refractivity contribution in [2.75, 3.05) is 0 Å². The monoisotopic (exact) mass is 433 g/mol. The van der Waals surface area contributed by atoms with Crippen LogP contribution in [0.3, 0.4) is 0 Å². The molecule has 0 radical (unpaired) electrons. The van der Waals surface area contributed by atoms with Crippen LogP contribution in [0, 0.1) is 11.2 Å². The summed E-state index contributed by atoms with van der Waals surface area (Å²) in [5.41, 5.74) is 0.845. The fourth-order valence-corrected chi connectivity index (χ4v) is 3.58. The highest BCUT2D eigenvalue weighted by Gasteiger charge is 2.42. The fraction of sp³-hybridized carbons (Fsp3) is 0.190. The molecule has 0 spiro atoms. The molecule has 6 nitrogen and oxygen atoms in total. The summed E-state index contributed by atoms with van der Waals surface area (Å²) in [7, 11) is 0. The second kappa shape index (κ2) is 8.05. The standard InChI is InChI=1S/C21H15F4N3O3/c22-17-8-7-13(12-26-17)10-18-27-9-2-1-6-16(27)20(29)19(28(18)30)14-4-3-5-15(11-14)31-21(23,24)25/h1-9,11-12,18-19H,10H2. The van der Waals surface area contributed by atoms with Gasteiger partial charge in [-0.3, -0.25) is 4.79 Å². The Morgan fingerprint density at radius 3 is 2.65 bits per heavy atom. The van der Waals surface area contributed by atoms with Crippen molar-refractivity contribution >= 4 is 5.78 Å². The average Bonchev–Trinajstić information content (AvgIpc) is 2.72. The Morgan fingerprint density at radius 2 is 1.94 bits per heavy atom. The van der Waals surface area contributed by atoms with Gasteiger partial charge in [-0.15, -0.1) is 13.2 Å². The lowest BCUT2D eigenvalue weighted by atomic mass is 9.95. The average molecular weight is 433 g/mol. The fourth-order valence-electron chi connectivity index (χ4n) is 3.58. The zero-order valence-electron chi connectivity index (χ0n) is 15.8. The highest BCUT2D eigenvalue weighted by Crippen LogP contribution is 2.35. The second-order valence-corrected chi connectivity index (χ2v) is 6.91. The third-order valence-electron chi connectivity index (χ3n) is 4.87. The summed E-state index contributed by atoms with van der Waals surface area (Å²) < 4.78 is 56.4. The smallest absolute Gasteiger partial charge is 0.573 e. The van der Waals surface area contributed by atoms with Crippen molar-refractivity contribution in [3.63, 3.8) is 0 Å². The third kappa shape index (κ3) is 4.39. The predicted octanol–water partition coefficient (Wildman–Crippen LogP) is 3.89. The molecule has 160 valence electrons. The summed E-state index contributed by atoms with van der Waals surface area (Å²) in [4.78, 5) is 16.7. The van der Waals surface area contributed by atoms with E-state index in [9.17, 15) is 27.6 Å². The number of rotatable bonds is 4. The number of alkyl halides is 3. The van der Waals surface area contributed by atoms with Crippen LogP contribution in [-0.2, 0) is 6.42 Å². The van der Waals surface area contributed by atoms with Gasteiger partial charge in [-0.25, -0.2) is 4.98 Å². The Kier molecular flexibility index (Phi) is 5.42. The van der Waals surface area contributed by atoms with E-state index in [1.165, 1.54) is 35.0 Å². The molecule has 3 heterocycles.